The second kappa shape index (κ2) is 9.32. The van der Waals surface area contributed by atoms with Crippen LogP contribution >= 0.6 is 0 Å². The quantitative estimate of drug-likeness (QED) is 0.552. The Balaban J connectivity index is 1.29. The maximum atomic E-state index is 12.6. The number of rotatable bonds is 7. The predicted molar refractivity (Wildman–Crippen MR) is 112 cm³/mol. The van der Waals surface area contributed by atoms with Crippen molar-refractivity contribution in [1.29, 1.82) is 0 Å². The van der Waals surface area contributed by atoms with E-state index in [1.165, 1.54) is 57.8 Å². The average Bonchev–Trinajstić information content (AvgIpc) is 3.35. The zero-order chi connectivity index (χ0) is 20.2. The first-order valence-electron chi connectivity index (χ1n) is 11.5. The van der Waals surface area contributed by atoms with E-state index in [9.17, 15) is 9.59 Å². The minimum Gasteiger partial charge on any atom is -0.462 e. The summed E-state index contributed by atoms with van der Waals surface area (Å²) in [4.78, 5) is 25.1. The van der Waals surface area contributed by atoms with Crippen LogP contribution in [0.3, 0.4) is 0 Å². The van der Waals surface area contributed by atoms with Crippen LogP contribution in [0.4, 0.5) is 0 Å². The molecule has 0 heterocycles. The van der Waals surface area contributed by atoms with Crippen molar-refractivity contribution in [3.63, 3.8) is 0 Å². The lowest BCUT2D eigenvalue weighted by atomic mass is 9.87. The molecule has 4 rings (SSSR count). The minimum absolute atomic E-state index is 0.326. The highest BCUT2D eigenvalue weighted by Crippen LogP contribution is 2.48. The number of carbonyl (C=O) groups is 2. The van der Waals surface area contributed by atoms with Crippen LogP contribution < -0.4 is 0 Å². The van der Waals surface area contributed by atoms with Gasteiger partial charge in [0, 0.05) is 0 Å². The molecule has 0 radical (unpaired) electrons. The molecule has 29 heavy (non-hydrogen) atoms. The molecule has 0 aromatic heterocycles. The Hall–Kier alpha value is -1.84. The number of aryl methyl sites for hydroxylation is 1. The minimum atomic E-state index is -0.341. The molecular formula is C25H34O4. The van der Waals surface area contributed by atoms with E-state index in [0.29, 0.717) is 36.2 Å². The summed E-state index contributed by atoms with van der Waals surface area (Å²) in [6, 6.07) is 5.21. The van der Waals surface area contributed by atoms with E-state index in [4.69, 9.17) is 9.47 Å². The van der Waals surface area contributed by atoms with Gasteiger partial charge in [-0.1, -0.05) is 38.5 Å². The van der Waals surface area contributed by atoms with Crippen LogP contribution in [-0.4, -0.2) is 25.2 Å². The van der Waals surface area contributed by atoms with Gasteiger partial charge in [-0.25, -0.2) is 9.59 Å². The van der Waals surface area contributed by atoms with Gasteiger partial charge < -0.3 is 9.47 Å². The summed E-state index contributed by atoms with van der Waals surface area (Å²) in [5.74, 6) is 2.12. The number of esters is 2. The number of fused-ring (bicyclic) bond motifs is 2. The van der Waals surface area contributed by atoms with Gasteiger partial charge in [0.1, 0.15) is 0 Å². The summed E-state index contributed by atoms with van der Waals surface area (Å²) in [7, 11) is 0. The van der Waals surface area contributed by atoms with Gasteiger partial charge in [0.15, 0.2) is 0 Å². The van der Waals surface area contributed by atoms with Gasteiger partial charge in [-0.3, -0.25) is 0 Å². The van der Waals surface area contributed by atoms with Crippen LogP contribution in [0.25, 0.3) is 0 Å². The summed E-state index contributed by atoms with van der Waals surface area (Å²) < 4.78 is 11.1. The standard InChI is InChI=1S/C25H34O4/c1-17-11-21(24(26)28-10-9-18-5-3-2-4-6-18)15-22(12-17)25(27)29-16-23-14-19-7-8-20(23)13-19/h11-12,15,18-20,23H,2-10,13-14,16H2,1H3. The summed E-state index contributed by atoms with van der Waals surface area (Å²) in [6.07, 6.45) is 12.5. The normalized spacial score (nSPS) is 26.4. The van der Waals surface area contributed by atoms with Crippen molar-refractivity contribution in [2.75, 3.05) is 13.2 Å². The van der Waals surface area contributed by atoms with Gasteiger partial charge >= 0.3 is 11.9 Å². The molecule has 0 aliphatic heterocycles. The molecule has 1 aromatic rings. The highest BCUT2D eigenvalue weighted by molar-refractivity contribution is 5.95. The molecule has 0 spiro atoms. The lowest BCUT2D eigenvalue weighted by Crippen LogP contribution is -2.20. The fourth-order valence-corrected chi connectivity index (χ4v) is 5.74. The number of benzene rings is 1. The Labute approximate surface area is 174 Å². The van der Waals surface area contributed by atoms with Crippen LogP contribution in [-0.2, 0) is 9.47 Å². The Bertz CT molecular complexity index is 734. The highest BCUT2D eigenvalue weighted by atomic mass is 16.5. The molecule has 0 saturated heterocycles. The SMILES string of the molecule is Cc1cc(C(=O)OCCC2CCCCC2)cc(C(=O)OCC2CC3CCC2C3)c1. The molecule has 158 valence electrons. The zero-order valence-corrected chi connectivity index (χ0v) is 17.7. The Morgan fingerprint density at radius 1 is 0.897 bits per heavy atom. The summed E-state index contributed by atoms with van der Waals surface area (Å²) in [5, 5.41) is 0. The molecule has 2 bridgehead atoms. The zero-order valence-electron chi connectivity index (χ0n) is 17.7. The van der Waals surface area contributed by atoms with Gasteiger partial charge in [-0.2, -0.15) is 0 Å². The smallest absolute Gasteiger partial charge is 0.338 e. The van der Waals surface area contributed by atoms with Crippen molar-refractivity contribution in [2.24, 2.45) is 23.7 Å². The predicted octanol–water partition coefficient (Wildman–Crippen LogP) is 5.72. The van der Waals surface area contributed by atoms with Gasteiger partial charge in [0.05, 0.1) is 24.3 Å². The third-order valence-corrected chi connectivity index (χ3v) is 7.35. The second-order valence-corrected chi connectivity index (χ2v) is 9.55. The van der Waals surface area contributed by atoms with Crippen molar-refractivity contribution >= 4 is 11.9 Å². The maximum Gasteiger partial charge on any atom is 0.338 e. The van der Waals surface area contributed by atoms with Crippen LogP contribution in [0.15, 0.2) is 18.2 Å². The summed E-state index contributed by atoms with van der Waals surface area (Å²) in [6.45, 7) is 2.86. The molecule has 3 aliphatic rings. The third-order valence-electron chi connectivity index (χ3n) is 7.35. The maximum absolute atomic E-state index is 12.6. The monoisotopic (exact) mass is 398 g/mol. The topological polar surface area (TPSA) is 52.6 Å². The number of hydrogen-bond donors (Lipinski definition) is 0. The van der Waals surface area contributed by atoms with Crippen molar-refractivity contribution < 1.29 is 19.1 Å². The van der Waals surface area contributed by atoms with Gasteiger partial charge in [0.25, 0.3) is 0 Å². The van der Waals surface area contributed by atoms with Crippen molar-refractivity contribution in [1.82, 2.24) is 0 Å². The molecule has 0 amide bonds. The van der Waals surface area contributed by atoms with Gasteiger partial charge in [-0.05, 0) is 80.0 Å². The molecule has 3 saturated carbocycles. The van der Waals surface area contributed by atoms with E-state index >= 15 is 0 Å². The second-order valence-electron chi connectivity index (χ2n) is 9.55. The van der Waals surface area contributed by atoms with E-state index in [1.54, 1.807) is 18.2 Å². The number of ether oxygens (including phenoxy) is 2. The molecule has 3 unspecified atom stereocenters. The Kier molecular flexibility index (Phi) is 6.56. The molecule has 3 aliphatic carbocycles. The first-order chi connectivity index (χ1) is 14.1. The van der Waals surface area contributed by atoms with Crippen LogP contribution in [0, 0.1) is 30.6 Å². The average molecular weight is 399 g/mol. The van der Waals surface area contributed by atoms with Crippen LogP contribution in [0.1, 0.15) is 90.5 Å². The molecule has 4 heteroatoms. The highest BCUT2D eigenvalue weighted by Gasteiger charge is 2.39. The van der Waals surface area contributed by atoms with Gasteiger partial charge in [0.2, 0.25) is 0 Å². The molecule has 3 fully saturated rings. The largest absolute Gasteiger partial charge is 0.462 e. The first-order valence-corrected chi connectivity index (χ1v) is 11.5. The van der Waals surface area contributed by atoms with Crippen molar-refractivity contribution in [3.05, 3.63) is 34.9 Å². The molecule has 1 aromatic carbocycles. The van der Waals surface area contributed by atoms with Crippen molar-refractivity contribution in [2.45, 2.75) is 71.1 Å². The van der Waals surface area contributed by atoms with Crippen LogP contribution in [0.5, 0.6) is 0 Å². The molecule has 0 N–H and O–H groups in total. The van der Waals surface area contributed by atoms with Gasteiger partial charge in [-0.15, -0.1) is 0 Å². The molecule has 4 nitrogen and oxygen atoms in total. The first kappa shape index (κ1) is 20.4. The van der Waals surface area contributed by atoms with E-state index in [-0.39, 0.29) is 11.9 Å². The van der Waals surface area contributed by atoms with E-state index < -0.39 is 0 Å². The summed E-state index contributed by atoms with van der Waals surface area (Å²) >= 11 is 0. The summed E-state index contributed by atoms with van der Waals surface area (Å²) in [5.41, 5.74) is 1.77. The Morgan fingerprint density at radius 2 is 1.62 bits per heavy atom. The van der Waals surface area contributed by atoms with Crippen molar-refractivity contribution in [3.8, 4) is 0 Å². The lowest BCUT2D eigenvalue weighted by molar-refractivity contribution is 0.0394. The van der Waals surface area contributed by atoms with Crippen LogP contribution in [0.2, 0.25) is 0 Å². The fourth-order valence-electron chi connectivity index (χ4n) is 5.74. The Morgan fingerprint density at radius 3 is 2.28 bits per heavy atom. The third kappa shape index (κ3) is 5.21. The van der Waals surface area contributed by atoms with E-state index in [2.05, 4.69) is 0 Å². The number of hydrogen-bond acceptors (Lipinski definition) is 4. The fraction of sp³-hybridized carbons (Fsp3) is 0.680. The van der Waals surface area contributed by atoms with E-state index in [0.717, 1.165) is 23.8 Å². The molecule has 3 atom stereocenters. The number of carbonyl (C=O) groups excluding carboxylic acids is 2. The molecular weight excluding hydrogens is 364 g/mol. The van der Waals surface area contributed by atoms with E-state index in [1.807, 2.05) is 6.92 Å². The lowest BCUT2D eigenvalue weighted by Gasteiger charge is -2.21.